The van der Waals surface area contributed by atoms with Gasteiger partial charge in [0, 0.05) is 19.2 Å². The van der Waals surface area contributed by atoms with Crippen molar-refractivity contribution in [3.05, 3.63) is 29.8 Å². The van der Waals surface area contributed by atoms with E-state index in [4.69, 9.17) is 4.74 Å². The zero-order valence-electron chi connectivity index (χ0n) is 9.32. The Kier molecular flexibility index (Phi) is 3.54. The van der Waals surface area contributed by atoms with Crippen LogP contribution in [0.4, 0.5) is 5.69 Å². The summed E-state index contributed by atoms with van der Waals surface area (Å²) >= 11 is 0. The number of carbonyl (C=O) groups excluding carboxylic acids is 1. The van der Waals surface area contributed by atoms with Crippen LogP contribution in [0.1, 0.15) is 18.5 Å². The number of hydrogen-bond acceptors (Lipinski definition) is 3. The van der Waals surface area contributed by atoms with Crippen LogP contribution in [0.25, 0.3) is 0 Å². The monoisotopic (exact) mass is 220 g/mol. The van der Waals surface area contributed by atoms with Crippen LogP contribution in [0.15, 0.2) is 24.3 Å². The average molecular weight is 220 g/mol. The topological polar surface area (TPSA) is 50.4 Å². The highest BCUT2D eigenvalue weighted by Crippen LogP contribution is 2.19. The number of amides is 1. The van der Waals surface area contributed by atoms with Gasteiger partial charge in [-0.2, -0.15) is 0 Å². The first-order valence-corrected chi connectivity index (χ1v) is 5.44. The molecule has 1 aromatic rings. The molecule has 0 aromatic heterocycles. The van der Waals surface area contributed by atoms with Crippen molar-refractivity contribution in [2.75, 3.05) is 25.1 Å². The van der Waals surface area contributed by atoms with E-state index in [2.05, 4.69) is 10.6 Å². The summed E-state index contributed by atoms with van der Waals surface area (Å²) in [4.78, 5) is 10.9. The number of anilines is 1. The van der Waals surface area contributed by atoms with Crippen LogP contribution in [0.2, 0.25) is 0 Å². The van der Waals surface area contributed by atoms with Crippen molar-refractivity contribution >= 4 is 11.6 Å². The van der Waals surface area contributed by atoms with Crippen LogP contribution in [-0.4, -0.2) is 25.7 Å². The third kappa shape index (κ3) is 2.81. The Morgan fingerprint density at radius 1 is 1.56 bits per heavy atom. The second-order valence-electron chi connectivity index (χ2n) is 3.89. The number of nitrogens with one attached hydrogen (secondary N) is 2. The summed E-state index contributed by atoms with van der Waals surface area (Å²) in [6.45, 7) is 3.83. The number of hydrogen-bond donors (Lipinski definition) is 2. The van der Waals surface area contributed by atoms with E-state index in [1.807, 2.05) is 24.3 Å². The van der Waals surface area contributed by atoms with E-state index in [9.17, 15) is 4.79 Å². The molecule has 0 bridgehead atoms. The maximum absolute atomic E-state index is 10.9. The van der Waals surface area contributed by atoms with Crippen molar-refractivity contribution in [1.29, 1.82) is 0 Å². The van der Waals surface area contributed by atoms with Gasteiger partial charge in [0.2, 0.25) is 5.91 Å². The maximum atomic E-state index is 10.9. The first-order chi connectivity index (χ1) is 7.75. The number of rotatable bonds is 2. The molecule has 0 aliphatic carbocycles. The van der Waals surface area contributed by atoms with E-state index in [1.54, 1.807) is 0 Å². The van der Waals surface area contributed by atoms with Gasteiger partial charge in [-0.3, -0.25) is 4.79 Å². The molecule has 1 heterocycles. The molecule has 4 heteroatoms. The lowest BCUT2D eigenvalue weighted by Crippen LogP contribution is -2.34. The lowest BCUT2D eigenvalue weighted by Gasteiger charge is -2.24. The standard InChI is InChI=1S/C12H16N2O2/c1-9(15)14-11-4-2-3-10(7-11)12-8-16-6-5-13-12/h2-4,7,12-13H,5-6,8H2,1H3,(H,14,15). The normalized spacial score (nSPS) is 20.4. The lowest BCUT2D eigenvalue weighted by molar-refractivity contribution is -0.114. The molecule has 86 valence electrons. The summed E-state index contributed by atoms with van der Waals surface area (Å²) in [5, 5.41) is 6.15. The largest absolute Gasteiger partial charge is 0.378 e. The minimum absolute atomic E-state index is 0.0509. The van der Waals surface area contributed by atoms with Crippen molar-refractivity contribution in [2.24, 2.45) is 0 Å². The molecular formula is C12H16N2O2. The first-order valence-electron chi connectivity index (χ1n) is 5.44. The van der Waals surface area contributed by atoms with Crippen LogP contribution in [0.3, 0.4) is 0 Å². The fraction of sp³-hybridized carbons (Fsp3) is 0.417. The van der Waals surface area contributed by atoms with E-state index in [0.717, 1.165) is 24.4 Å². The zero-order chi connectivity index (χ0) is 11.4. The van der Waals surface area contributed by atoms with E-state index in [-0.39, 0.29) is 11.9 Å². The van der Waals surface area contributed by atoms with Gasteiger partial charge >= 0.3 is 0 Å². The van der Waals surface area contributed by atoms with Crippen molar-refractivity contribution < 1.29 is 9.53 Å². The molecule has 1 aliphatic heterocycles. The van der Waals surface area contributed by atoms with Gasteiger partial charge in [0.05, 0.1) is 19.3 Å². The Labute approximate surface area is 95.0 Å². The Bertz CT molecular complexity index is 373. The predicted octanol–water partition coefficient (Wildman–Crippen LogP) is 1.31. The van der Waals surface area contributed by atoms with Crippen molar-refractivity contribution in [3.63, 3.8) is 0 Å². The molecule has 2 N–H and O–H groups in total. The molecule has 0 saturated carbocycles. The Hall–Kier alpha value is -1.39. The smallest absolute Gasteiger partial charge is 0.221 e. The fourth-order valence-electron chi connectivity index (χ4n) is 1.82. The second-order valence-corrected chi connectivity index (χ2v) is 3.89. The lowest BCUT2D eigenvalue weighted by atomic mass is 10.1. The Morgan fingerprint density at radius 3 is 3.12 bits per heavy atom. The Balaban J connectivity index is 2.11. The second kappa shape index (κ2) is 5.09. The molecule has 1 saturated heterocycles. The van der Waals surface area contributed by atoms with Crippen molar-refractivity contribution in [2.45, 2.75) is 13.0 Å². The predicted molar refractivity (Wildman–Crippen MR) is 62.3 cm³/mol. The molecule has 0 radical (unpaired) electrons. The van der Waals surface area contributed by atoms with Gasteiger partial charge in [-0.25, -0.2) is 0 Å². The fourth-order valence-corrected chi connectivity index (χ4v) is 1.82. The Morgan fingerprint density at radius 2 is 2.44 bits per heavy atom. The van der Waals surface area contributed by atoms with Gasteiger partial charge in [-0.05, 0) is 17.7 Å². The van der Waals surface area contributed by atoms with Crippen LogP contribution in [-0.2, 0) is 9.53 Å². The van der Waals surface area contributed by atoms with Crippen LogP contribution >= 0.6 is 0 Å². The summed E-state index contributed by atoms with van der Waals surface area (Å²) in [6.07, 6.45) is 0. The van der Waals surface area contributed by atoms with Crippen LogP contribution < -0.4 is 10.6 Å². The number of ether oxygens (including phenoxy) is 1. The van der Waals surface area contributed by atoms with E-state index < -0.39 is 0 Å². The molecule has 1 unspecified atom stereocenters. The highest BCUT2D eigenvalue weighted by molar-refractivity contribution is 5.88. The SMILES string of the molecule is CC(=O)Nc1cccc(C2COCCN2)c1. The summed E-state index contributed by atoms with van der Waals surface area (Å²) in [6, 6.07) is 8.07. The number of benzene rings is 1. The number of morpholine rings is 1. The summed E-state index contributed by atoms with van der Waals surface area (Å²) < 4.78 is 5.41. The van der Waals surface area contributed by atoms with Gasteiger partial charge in [-0.15, -0.1) is 0 Å². The third-order valence-corrected chi connectivity index (χ3v) is 2.53. The molecule has 1 atom stereocenters. The molecule has 0 spiro atoms. The highest BCUT2D eigenvalue weighted by Gasteiger charge is 2.15. The van der Waals surface area contributed by atoms with Gasteiger partial charge in [-0.1, -0.05) is 12.1 Å². The van der Waals surface area contributed by atoms with Gasteiger partial charge in [0.1, 0.15) is 0 Å². The van der Waals surface area contributed by atoms with Crippen LogP contribution in [0.5, 0.6) is 0 Å². The summed E-state index contributed by atoms with van der Waals surface area (Å²) in [7, 11) is 0. The van der Waals surface area contributed by atoms with Gasteiger partial charge in [0.25, 0.3) is 0 Å². The van der Waals surface area contributed by atoms with Crippen LogP contribution in [0, 0.1) is 0 Å². The molecule has 1 aromatic carbocycles. The minimum Gasteiger partial charge on any atom is -0.378 e. The summed E-state index contributed by atoms with van der Waals surface area (Å²) in [5.74, 6) is -0.0509. The quantitative estimate of drug-likeness (QED) is 0.790. The highest BCUT2D eigenvalue weighted by atomic mass is 16.5. The molecule has 1 fully saturated rings. The van der Waals surface area contributed by atoms with Crippen molar-refractivity contribution in [3.8, 4) is 0 Å². The minimum atomic E-state index is -0.0509. The molecular weight excluding hydrogens is 204 g/mol. The first kappa shape index (κ1) is 11.1. The number of carbonyl (C=O) groups is 1. The third-order valence-electron chi connectivity index (χ3n) is 2.53. The molecule has 4 nitrogen and oxygen atoms in total. The molecule has 2 rings (SSSR count). The zero-order valence-corrected chi connectivity index (χ0v) is 9.32. The molecule has 16 heavy (non-hydrogen) atoms. The molecule has 1 aliphatic rings. The molecule has 1 amide bonds. The van der Waals surface area contributed by atoms with E-state index >= 15 is 0 Å². The van der Waals surface area contributed by atoms with E-state index in [0.29, 0.717) is 6.61 Å². The van der Waals surface area contributed by atoms with Crippen molar-refractivity contribution in [1.82, 2.24) is 5.32 Å². The van der Waals surface area contributed by atoms with E-state index in [1.165, 1.54) is 6.92 Å². The average Bonchev–Trinajstić information content (AvgIpc) is 2.30. The van der Waals surface area contributed by atoms with Gasteiger partial charge < -0.3 is 15.4 Å². The van der Waals surface area contributed by atoms with Gasteiger partial charge in [0.15, 0.2) is 0 Å². The maximum Gasteiger partial charge on any atom is 0.221 e. The summed E-state index contributed by atoms with van der Waals surface area (Å²) in [5.41, 5.74) is 1.98.